The Morgan fingerprint density at radius 2 is 2.32 bits per heavy atom. The molecule has 0 saturated carbocycles. The third kappa shape index (κ3) is 4.37. The first-order chi connectivity index (χ1) is 9.15. The Labute approximate surface area is 116 Å². The number of anilines is 2. The highest BCUT2D eigenvalue weighted by Gasteiger charge is 2.17. The van der Waals surface area contributed by atoms with Gasteiger partial charge in [0.1, 0.15) is 5.82 Å². The summed E-state index contributed by atoms with van der Waals surface area (Å²) < 4.78 is 0. The van der Waals surface area contributed by atoms with Gasteiger partial charge < -0.3 is 10.2 Å². The Kier molecular flexibility index (Phi) is 5.00. The Morgan fingerprint density at radius 1 is 1.47 bits per heavy atom. The standard InChI is InChI=1S/C15H26N4/c1-12(2)6-8-16-15-17-9-7-14(18-15)19-10-4-5-13(3)11-19/h7,9,12-13H,4-6,8,10-11H2,1-3H3,(H,16,17,18). The molecule has 1 saturated heterocycles. The number of nitrogens with one attached hydrogen (secondary N) is 1. The summed E-state index contributed by atoms with van der Waals surface area (Å²) in [5, 5.41) is 3.32. The van der Waals surface area contributed by atoms with Gasteiger partial charge in [-0.05, 0) is 37.2 Å². The van der Waals surface area contributed by atoms with Gasteiger partial charge in [0.15, 0.2) is 0 Å². The lowest BCUT2D eigenvalue weighted by Crippen LogP contribution is -2.34. The lowest BCUT2D eigenvalue weighted by Gasteiger charge is -2.31. The summed E-state index contributed by atoms with van der Waals surface area (Å²) in [6, 6.07) is 2.02. The summed E-state index contributed by atoms with van der Waals surface area (Å²) in [4.78, 5) is 11.3. The van der Waals surface area contributed by atoms with E-state index in [0.29, 0.717) is 5.92 Å². The van der Waals surface area contributed by atoms with Gasteiger partial charge in [-0.15, -0.1) is 0 Å². The number of hydrogen-bond donors (Lipinski definition) is 1. The van der Waals surface area contributed by atoms with Crippen molar-refractivity contribution >= 4 is 11.8 Å². The summed E-state index contributed by atoms with van der Waals surface area (Å²) >= 11 is 0. The van der Waals surface area contributed by atoms with Gasteiger partial charge in [0, 0.05) is 25.8 Å². The predicted octanol–water partition coefficient (Wildman–Crippen LogP) is 3.17. The van der Waals surface area contributed by atoms with Gasteiger partial charge in [0.2, 0.25) is 5.95 Å². The Morgan fingerprint density at radius 3 is 3.05 bits per heavy atom. The minimum Gasteiger partial charge on any atom is -0.356 e. The molecular formula is C15H26N4. The number of nitrogens with zero attached hydrogens (tertiary/aromatic N) is 3. The van der Waals surface area contributed by atoms with Crippen LogP contribution in [0.5, 0.6) is 0 Å². The molecule has 1 N–H and O–H groups in total. The minimum absolute atomic E-state index is 0.707. The maximum absolute atomic E-state index is 4.63. The van der Waals surface area contributed by atoms with Crippen molar-refractivity contribution in [2.45, 2.75) is 40.0 Å². The molecule has 4 heteroatoms. The van der Waals surface area contributed by atoms with Crippen molar-refractivity contribution in [3.8, 4) is 0 Å². The van der Waals surface area contributed by atoms with Crippen molar-refractivity contribution in [2.75, 3.05) is 29.9 Å². The first kappa shape index (κ1) is 14.1. The van der Waals surface area contributed by atoms with Crippen LogP contribution in [0, 0.1) is 11.8 Å². The fourth-order valence-corrected chi connectivity index (χ4v) is 2.48. The number of rotatable bonds is 5. The van der Waals surface area contributed by atoms with Crippen molar-refractivity contribution in [1.29, 1.82) is 0 Å². The van der Waals surface area contributed by atoms with Gasteiger partial charge in [-0.25, -0.2) is 4.98 Å². The van der Waals surface area contributed by atoms with E-state index in [1.807, 2.05) is 12.3 Å². The summed E-state index contributed by atoms with van der Waals surface area (Å²) in [5.41, 5.74) is 0. The van der Waals surface area contributed by atoms with Crippen LogP contribution in [0.1, 0.15) is 40.0 Å². The molecule has 106 valence electrons. The first-order valence-electron chi connectivity index (χ1n) is 7.47. The zero-order chi connectivity index (χ0) is 13.7. The second-order valence-electron chi connectivity index (χ2n) is 6.04. The van der Waals surface area contributed by atoms with Crippen LogP contribution in [0.4, 0.5) is 11.8 Å². The third-order valence-corrected chi connectivity index (χ3v) is 3.63. The van der Waals surface area contributed by atoms with Crippen molar-refractivity contribution in [3.63, 3.8) is 0 Å². The zero-order valence-electron chi connectivity index (χ0n) is 12.4. The second-order valence-corrected chi connectivity index (χ2v) is 6.04. The molecular weight excluding hydrogens is 236 g/mol. The van der Waals surface area contributed by atoms with E-state index in [1.54, 1.807) is 0 Å². The van der Waals surface area contributed by atoms with E-state index < -0.39 is 0 Å². The maximum Gasteiger partial charge on any atom is 0.224 e. The Balaban J connectivity index is 1.94. The van der Waals surface area contributed by atoms with E-state index in [0.717, 1.165) is 43.7 Å². The van der Waals surface area contributed by atoms with Crippen LogP contribution in [0.2, 0.25) is 0 Å². The van der Waals surface area contributed by atoms with Crippen LogP contribution in [-0.4, -0.2) is 29.6 Å². The van der Waals surface area contributed by atoms with Crippen molar-refractivity contribution < 1.29 is 0 Å². The van der Waals surface area contributed by atoms with E-state index >= 15 is 0 Å². The molecule has 1 aliphatic heterocycles. The summed E-state index contributed by atoms with van der Waals surface area (Å²) in [7, 11) is 0. The Hall–Kier alpha value is -1.32. The molecule has 0 bridgehead atoms. The molecule has 1 atom stereocenters. The molecule has 0 amide bonds. The van der Waals surface area contributed by atoms with Crippen LogP contribution < -0.4 is 10.2 Å². The van der Waals surface area contributed by atoms with E-state index in [2.05, 4.69) is 41.0 Å². The molecule has 19 heavy (non-hydrogen) atoms. The lowest BCUT2D eigenvalue weighted by molar-refractivity contribution is 0.444. The van der Waals surface area contributed by atoms with Crippen LogP contribution in [0.15, 0.2) is 12.3 Å². The average Bonchev–Trinajstić information content (AvgIpc) is 2.39. The number of aromatic nitrogens is 2. The summed E-state index contributed by atoms with van der Waals surface area (Å²) in [6.45, 7) is 9.95. The second kappa shape index (κ2) is 6.73. The van der Waals surface area contributed by atoms with Crippen LogP contribution in [0.25, 0.3) is 0 Å². The van der Waals surface area contributed by atoms with Crippen LogP contribution >= 0.6 is 0 Å². The SMILES string of the molecule is CC(C)CCNc1nccc(N2CCCC(C)C2)n1. The first-order valence-corrected chi connectivity index (χ1v) is 7.47. The van der Waals surface area contributed by atoms with Gasteiger partial charge >= 0.3 is 0 Å². The average molecular weight is 262 g/mol. The lowest BCUT2D eigenvalue weighted by atomic mass is 10.0. The largest absolute Gasteiger partial charge is 0.356 e. The van der Waals surface area contributed by atoms with Crippen molar-refractivity contribution in [3.05, 3.63) is 12.3 Å². The molecule has 2 heterocycles. The van der Waals surface area contributed by atoms with Crippen molar-refractivity contribution in [1.82, 2.24) is 9.97 Å². The maximum atomic E-state index is 4.63. The van der Waals surface area contributed by atoms with Crippen LogP contribution in [-0.2, 0) is 0 Å². The highest BCUT2D eigenvalue weighted by Crippen LogP contribution is 2.21. The van der Waals surface area contributed by atoms with Crippen molar-refractivity contribution in [2.24, 2.45) is 11.8 Å². The molecule has 4 nitrogen and oxygen atoms in total. The quantitative estimate of drug-likeness (QED) is 0.885. The predicted molar refractivity (Wildman–Crippen MR) is 80.6 cm³/mol. The molecule has 1 aliphatic rings. The van der Waals surface area contributed by atoms with Crippen LogP contribution in [0.3, 0.4) is 0 Å². The molecule has 1 fully saturated rings. The minimum atomic E-state index is 0.707. The molecule has 1 unspecified atom stereocenters. The number of hydrogen-bond acceptors (Lipinski definition) is 4. The van der Waals surface area contributed by atoms with Gasteiger partial charge in [-0.1, -0.05) is 20.8 Å². The topological polar surface area (TPSA) is 41.1 Å². The summed E-state index contributed by atoms with van der Waals surface area (Å²) in [5.74, 6) is 3.30. The highest BCUT2D eigenvalue weighted by molar-refractivity contribution is 5.42. The van der Waals surface area contributed by atoms with E-state index in [9.17, 15) is 0 Å². The van der Waals surface area contributed by atoms with Gasteiger partial charge in [0.25, 0.3) is 0 Å². The molecule has 0 radical (unpaired) electrons. The molecule has 0 aliphatic carbocycles. The molecule has 2 rings (SSSR count). The molecule has 1 aromatic heterocycles. The molecule has 0 aromatic carbocycles. The number of piperidine rings is 1. The fraction of sp³-hybridized carbons (Fsp3) is 0.733. The van der Waals surface area contributed by atoms with E-state index in [1.165, 1.54) is 12.8 Å². The highest BCUT2D eigenvalue weighted by atomic mass is 15.2. The fourth-order valence-electron chi connectivity index (χ4n) is 2.48. The normalized spacial score (nSPS) is 19.8. The Bertz CT molecular complexity index is 391. The smallest absolute Gasteiger partial charge is 0.224 e. The van der Waals surface area contributed by atoms with Gasteiger partial charge in [-0.3, -0.25) is 0 Å². The van der Waals surface area contributed by atoms with Gasteiger partial charge in [0.05, 0.1) is 0 Å². The zero-order valence-corrected chi connectivity index (χ0v) is 12.4. The molecule has 0 spiro atoms. The van der Waals surface area contributed by atoms with E-state index in [4.69, 9.17) is 0 Å². The summed E-state index contributed by atoms with van der Waals surface area (Å²) in [6.07, 6.45) is 5.61. The third-order valence-electron chi connectivity index (χ3n) is 3.63. The monoisotopic (exact) mass is 262 g/mol. The molecule has 1 aromatic rings. The van der Waals surface area contributed by atoms with Gasteiger partial charge in [-0.2, -0.15) is 4.98 Å². The van der Waals surface area contributed by atoms with E-state index in [-0.39, 0.29) is 0 Å².